The molecule has 3 aromatic rings. The van der Waals surface area contributed by atoms with Crippen LogP contribution in [-0.2, 0) is 17.8 Å². The van der Waals surface area contributed by atoms with Gasteiger partial charge in [0.25, 0.3) is 5.91 Å². The highest BCUT2D eigenvalue weighted by atomic mass is 19.1. The highest BCUT2D eigenvalue weighted by molar-refractivity contribution is 5.90. The molecule has 6 heteroatoms. The Bertz CT molecular complexity index is 993. The Morgan fingerprint density at radius 3 is 2.69 bits per heavy atom. The van der Waals surface area contributed by atoms with Gasteiger partial charge >= 0.3 is 0 Å². The molecule has 0 saturated carbocycles. The van der Waals surface area contributed by atoms with Crippen LogP contribution < -0.4 is 5.48 Å². The minimum atomic E-state index is -0.558. The maximum atomic E-state index is 13.6. The third-order valence-electron chi connectivity index (χ3n) is 5.03. The van der Waals surface area contributed by atoms with Crippen molar-refractivity contribution in [1.82, 2.24) is 15.4 Å². The molecule has 1 heterocycles. The summed E-state index contributed by atoms with van der Waals surface area (Å²) in [6.45, 7) is 5.99. The third-order valence-corrected chi connectivity index (χ3v) is 5.03. The van der Waals surface area contributed by atoms with Gasteiger partial charge in [0.2, 0.25) is 0 Å². The Balaban J connectivity index is 1.65. The lowest BCUT2D eigenvalue weighted by molar-refractivity contribution is -0.124. The van der Waals surface area contributed by atoms with Gasteiger partial charge in [0.05, 0.1) is 0 Å². The Labute approximate surface area is 169 Å². The van der Waals surface area contributed by atoms with Gasteiger partial charge in [-0.3, -0.25) is 14.9 Å². The van der Waals surface area contributed by atoms with Crippen molar-refractivity contribution in [2.75, 3.05) is 6.54 Å². The second-order valence-corrected chi connectivity index (χ2v) is 7.37. The molecular weight excluding hydrogens is 369 g/mol. The molecule has 0 unspecified atom stereocenters. The van der Waals surface area contributed by atoms with Crippen molar-refractivity contribution in [3.8, 4) is 0 Å². The summed E-state index contributed by atoms with van der Waals surface area (Å²) in [5.74, 6) is -0.776. The van der Waals surface area contributed by atoms with Crippen molar-refractivity contribution in [3.63, 3.8) is 0 Å². The molecular formula is C23H26FN3O2. The average Bonchev–Trinajstić information content (AvgIpc) is 3.12. The molecule has 0 spiro atoms. The molecule has 0 aliphatic carbocycles. The van der Waals surface area contributed by atoms with E-state index >= 15 is 0 Å². The first-order valence-corrected chi connectivity index (χ1v) is 9.67. The molecule has 1 aromatic heterocycles. The van der Waals surface area contributed by atoms with E-state index < -0.39 is 5.91 Å². The Kier molecular flexibility index (Phi) is 6.80. The fourth-order valence-corrected chi connectivity index (χ4v) is 3.32. The van der Waals surface area contributed by atoms with Gasteiger partial charge in [-0.2, -0.15) is 0 Å². The number of hydrogen-bond donors (Lipinski definition) is 3. The van der Waals surface area contributed by atoms with Gasteiger partial charge in [0.1, 0.15) is 5.82 Å². The van der Waals surface area contributed by atoms with Crippen LogP contribution in [0.25, 0.3) is 17.0 Å². The fourth-order valence-electron chi connectivity index (χ4n) is 3.32. The fraction of sp³-hybridized carbons (Fsp3) is 0.261. The second-order valence-electron chi connectivity index (χ2n) is 7.37. The van der Waals surface area contributed by atoms with Gasteiger partial charge in [-0.15, -0.1) is 0 Å². The van der Waals surface area contributed by atoms with E-state index in [0.717, 1.165) is 41.5 Å². The highest BCUT2D eigenvalue weighted by Crippen LogP contribution is 2.21. The number of H-pyrrole nitrogens is 1. The van der Waals surface area contributed by atoms with Crippen LogP contribution in [-0.4, -0.2) is 33.6 Å². The van der Waals surface area contributed by atoms with Crippen LogP contribution in [0.1, 0.15) is 30.5 Å². The summed E-state index contributed by atoms with van der Waals surface area (Å²) >= 11 is 0. The van der Waals surface area contributed by atoms with Crippen LogP contribution in [0.15, 0.2) is 54.7 Å². The Hall–Kier alpha value is -2.96. The van der Waals surface area contributed by atoms with E-state index in [1.807, 2.05) is 30.5 Å². The molecule has 3 rings (SSSR count). The van der Waals surface area contributed by atoms with Gasteiger partial charge < -0.3 is 4.98 Å². The van der Waals surface area contributed by atoms with Crippen molar-refractivity contribution in [2.45, 2.75) is 32.9 Å². The van der Waals surface area contributed by atoms with Crippen LogP contribution in [0.5, 0.6) is 0 Å². The lowest BCUT2D eigenvalue weighted by Gasteiger charge is -2.26. The zero-order valence-corrected chi connectivity index (χ0v) is 16.7. The quantitative estimate of drug-likeness (QED) is 0.303. The molecule has 0 atom stereocenters. The van der Waals surface area contributed by atoms with Gasteiger partial charge in [-0.1, -0.05) is 24.3 Å². The molecule has 0 aliphatic heterocycles. The summed E-state index contributed by atoms with van der Waals surface area (Å²) in [7, 11) is 0. The number of aromatic amines is 1. The zero-order valence-electron chi connectivity index (χ0n) is 16.7. The number of hydroxylamine groups is 1. The SMILES string of the molecule is CC(C)N(CCc1c[nH]c2ccc(F)cc12)Cc1ccc(C=CC(=O)NO)cc1. The number of rotatable bonds is 8. The molecule has 0 fully saturated rings. The minimum absolute atomic E-state index is 0.218. The van der Waals surface area contributed by atoms with Gasteiger partial charge in [0.15, 0.2) is 0 Å². The number of carbonyl (C=O) groups excluding carboxylic acids is 1. The molecule has 1 amide bonds. The minimum Gasteiger partial charge on any atom is -0.361 e. The molecule has 0 bridgehead atoms. The van der Waals surface area contributed by atoms with Crippen molar-refractivity contribution < 1.29 is 14.4 Å². The normalized spacial score (nSPS) is 11.8. The van der Waals surface area contributed by atoms with Crippen LogP contribution in [0, 0.1) is 5.82 Å². The van der Waals surface area contributed by atoms with Crippen LogP contribution in [0.3, 0.4) is 0 Å². The summed E-state index contributed by atoms with van der Waals surface area (Å²) in [4.78, 5) is 16.7. The van der Waals surface area contributed by atoms with E-state index in [4.69, 9.17) is 5.21 Å². The third kappa shape index (κ3) is 5.53. The largest absolute Gasteiger partial charge is 0.361 e. The van der Waals surface area contributed by atoms with E-state index in [-0.39, 0.29) is 5.82 Å². The predicted octanol–water partition coefficient (Wildman–Crippen LogP) is 4.28. The number of aromatic nitrogens is 1. The Morgan fingerprint density at radius 1 is 1.24 bits per heavy atom. The van der Waals surface area contributed by atoms with Crippen LogP contribution >= 0.6 is 0 Å². The number of nitrogens with one attached hydrogen (secondary N) is 2. The summed E-state index contributed by atoms with van der Waals surface area (Å²) in [6, 6.07) is 13.1. The molecule has 0 aliphatic rings. The number of nitrogens with zero attached hydrogens (tertiary/aromatic N) is 1. The van der Waals surface area contributed by atoms with E-state index in [1.54, 1.807) is 23.7 Å². The van der Waals surface area contributed by atoms with Gasteiger partial charge in [-0.25, -0.2) is 9.87 Å². The summed E-state index contributed by atoms with van der Waals surface area (Å²) < 4.78 is 13.6. The standard InChI is InChI=1S/C23H26FN3O2/c1-16(2)27(12-11-19-14-25-22-9-8-20(24)13-21(19)22)15-18-5-3-17(4-6-18)7-10-23(28)26-29/h3-10,13-14,16,25,29H,11-12,15H2,1-2H3,(H,26,28). The zero-order chi connectivity index (χ0) is 20.8. The van der Waals surface area contributed by atoms with E-state index in [1.165, 1.54) is 17.7 Å². The smallest absolute Gasteiger partial charge is 0.267 e. The van der Waals surface area contributed by atoms with E-state index in [2.05, 4.69) is 23.7 Å². The van der Waals surface area contributed by atoms with Crippen molar-refractivity contribution >= 4 is 22.9 Å². The number of fused-ring (bicyclic) bond motifs is 1. The lowest BCUT2D eigenvalue weighted by Crippen LogP contribution is -2.32. The topological polar surface area (TPSA) is 68.4 Å². The van der Waals surface area contributed by atoms with Crippen molar-refractivity contribution in [3.05, 3.63) is 77.2 Å². The first-order valence-electron chi connectivity index (χ1n) is 9.67. The maximum absolute atomic E-state index is 13.6. The lowest BCUT2D eigenvalue weighted by atomic mass is 10.1. The first kappa shape index (κ1) is 20.8. The van der Waals surface area contributed by atoms with E-state index in [0.29, 0.717) is 6.04 Å². The second kappa shape index (κ2) is 9.49. The molecule has 0 saturated heterocycles. The first-order chi connectivity index (χ1) is 14.0. The van der Waals surface area contributed by atoms with E-state index in [9.17, 15) is 9.18 Å². The number of carbonyl (C=O) groups is 1. The molecule has 5 nitrogen and oxygen atoms in total. The maximum Gasteiger partial charge on any atom is 0.267 e. The van der Waals surface area contributed by atoms with Crippen LogP contribution in [0.2, 0.25) is 0 Å². The van der Waals surface area contributed by atoms with Gasteiger partial charge in [-0.05, 0) is 61.2 Å². The van der Waals surface area contributed by atoms with Crippen molar-refractivity contribution in [2.24, 2.45) is 0 Å². The van der Waals surface area contributed by atoms with Crippen LogP contribution in [0.4, 0.5) is 4.39 Å². The number of halogens is 1. The summed E-state index contributed by atoms with van der Waals surface area (Å²) in [5, 5.41) is 9.46. The molecule has 2 aromatic carbocycles. The summed E-state index contributed by atoms with van der Waals surface area (Å²) in [6.07, 6.45) is 5.72. The highest BCUT2D eigenvalue weighted by Gasteiger charge is 2.12. The average molecular weight is 395 g/mol. The number of hydrogen-bond acceptors (Lipinski definition) is 3. The molecule has 152 valence electrons. The molecule has 3 N–H and O–H groups in total. The molecule has 29 heavy (non-hydrogen) atoms. The number of benzene rings is 2. The van der Waals surface area contributed by atoms with Crippen molar-refractivity contribution in [1.29, 1.82) is 0 Å². The monoisotopic (exact) mass is 395 g/mol. The molecule has 0 radical (unpaired) electrons. The number of amides is 1. The predicted molar refractivity (Wildman–Crippen MR) is 113 cm³/mol. The summed E-state index contributed by atoms with van der Waals surface area (Å²) in [5.41, 5.74) is 5.70. The Morgan fingerprint density at radius 2 is 2.00 bits per heavy atom. The van der Waals surface area contributed by atoms with Gasteiger partial charge in [0, 0.05) is 42.3 Å².